The van der Waals surface area contributed by atoms with Crippen LogP contribution in [0.5, 0.6) is 0 Å². The SMILES string of the molecule is Cc1cc(NN)c(C(=O)N2CCC(C(C)O)CC2)cn1. The first kappa shape index (κ1) is 14.7. The summed E-state index contributed by atoms with van der Waals surface area (Å²) in [4.78, 5) is 18.5. The molecular formula is C14H22N4O2. The summed E-state index contributed by atoms with van der Waals surface area (Å²) in [6.07, 6.45) is 2.91. The maximum atomic E-state index is 12.5. The molecule has 1 aromatic heterocycles. The van der Waals surface area contributed by atoms with Crippen LogP contribution in [0.1, 0.15) is 35.8 Å². The van der Waals surface area contributed by atoms with Gasteiger partial charge >= 0.3 is 0 Å². The van der Waals surface area contributed by atoms with Gasteiger partial charge in [-0.15, -0.1) is 0 Å². The van der Waals surface area contributed by atoms with Crippen molar-refractivity contribution in [3.63, 3.8) is 0 Å². The number of hydrazine groups is 1. The normalized spacial score (nSPS) is 17.9. The second kappa shape index (κ2) is 6.19. The number of aromatic nitrogens is 1. The first-order chi connectivity index (χ1) is 9.52. The molecule has 1 atom stereocenters. The van der Waals surface area contributed by atoms with E-state index in [0.717, 1.165) is 18.5 Å². The summed E-state index contributed by atoms with van der Waals surface area (Å²) >= 11 is 0. The average Bonchev–Trinajstić information content (AvgIpc) is 2.46. The van der Waals surface area contributed by atoms with E-state index in [2.05, 4.69) is 10.4 Å². The van der Waals surface area contributed by atoms with Crippen LogP contribution in [0.15, 0.2) is 12.3 Å². The molecule has 1 saturated heterocycles. The molecule has 4 N–H and O–H groups in total. The largest absolute Gasteiger partial charge is 0.393 e. The van der Waals surface area contributed by atoms with Gasteiger partial charge in [0.1, 0.15) is 0 Å². The maximum absolute atomic E-state index is 12.5. The minimum absolute atomic E-state index is 0.0607. The van der Waals surface area contributed by atoms with Crippen molar-refractivity contribution in [1.29, 1.82) is 0 Å². The number of aliphatic hydroxyl groups is 1. The summed E-state index contributed by atoms with van der Waals surface area (Å²) in [7, 11) is 0. The van der Waals surface area contributed by atoms with E-state index in [1.54, 1.807) is 17.2 Å². The van der Waals surface area contributed by atoms with Gasteiger partial charge in [0.25, 0.3) is 5.91 Å². The van der Waals surface area contributed by atoms with Gasteiger partial charge in [-0.25, -0.2) is 0 Å². The molecule has 110 valence electrons. The van der Waals surface area contributed by atoms with Gasteiger partial charge in [-0.3, -0.25) is 15.6 Å². The van der Waals surface area contributed by atoms with Crippen LogP contribution in [0.25, 0.3) is 0 Å². The summed E-state index contributed by atoms with van der Waals surface area (Å²) in [5.41, 5.74) is 4.46. The summed E-state index contributed by atoms with van der Waals surface area (Å²) in [5, 5.41) is 9.59. The number of nitrogens with two attached hydrogens (primary N) is 1. The van der Waals surface area contributed by atoms with Crippen LogP contribution in [-0.4, -0.2) is 40.1 Å². The van der Waals surface area contributed by atoms with Gasteiger partial charge in [-0.2, -0.15) is 0 Å². The van der Waals surface area contributed by atoms with Gasteiger partial charge < -0.3 is 15.4 Å². The van der Waals surface area contributed by atoms with Gasteiger partial charge in [-0.1, -0.05) is 0 Å². The summed E-state index contributed by atoms with van der Waals surface area (Å²) < 4.78 is 0. The van der Waals surface area contributed by atoms with Crippen LogP contribution >= 0.6 is 0 Å². The van der Waals surface area contributed by atoms with Gasteiger partial charge in [0.2, 0.25) is 0 Å². The summed E-state index contributed by atoms with van der Waals surface area (Å²) in [5.74, 6) is 5.69. The molecule has 0 saturated carbocycles. The highest BCUT2D eigenvalue weighted by atomic mass is 16.3. The molecule has 0 aromatic carbocycles. The zero-order chi connectivity index (χ0) is 14.7. The fourth-order valence-electron chi connectivity index (χ4n) is 2.60. The summed E-state index contributed by atoms with van der Waals surface area (Å²) in [6, 6.07) is 1.76. The van der Waals surface area contributed by atoms with Crippen LogP contribution in [0.2, 0.25) is 0 Å². The standard InChI is InChI=1S/C14H22N4O2/c1-9-7-13(17-15)12(8-16-9)14(20)18-5-3-11(4-6-18)10(2)19/h7-8,10-11,19H,3-6,15H2,1-2H3,(H,16,17). The Morgan fingerprint density at radius 1 is 1.55 bits per heavy atom. The lowest BCUT2D eigenvalue weighted by molar-refractivity contribution is 0.0522. The number of rotatable bonds is 3. The van der Waals surface area contributed by atoms with E-state index in [1.807, 2.05) is 13.8 Å². The molecule has 1 fully saturated rings. The Morgan fingerprint density at radius 2 is 2.20 bits per heavy atom. The molecule has 20 heavy (non-hydrogen) atoms. The van der Waals surface area contributed by atoms with Gasteiger partial charge in [-0.05, 0) is 38.7 Å². The lowest BCUT2D eigenvalue weighted by Crippen LogP contribution is -2.41. The molecule has 1 aromatic rings. The maximum Gasteiger partial charge on any atom is 0.257 e. The minimum atomic E-state index is -0.311. The molecule has 1 aliphatic heterocycles. The highest BCUT2D eigenvalue weighted by molar-refractivity contribution is 5.99. The molecular weight excluding hydrogens is 256 g/mol. The van der Waals surface area contributed by atoms with Crippen LogP contribution in [-0.2, 0) is 0 Å². The zero-order valence-electron chi connectivity index (χ0n) is 12.0. The second-order valence-electron chi connectivity index (χ2n) is 5.39. The van der Waals surface area contributed by atoms with E-state index >= 15 is 0 Å². The number of hydrogen-bond donors (Lipinski definition) is 3. The fourth-order valence-corrected chi connectivity index (χ4v) is 2.60. The van der Waals surface area contributed by atoms with E-state index in [-0.39, 0.29) is 17.9 Å². The van der Waals surface area contributed by atoms with Crippen molar-refractivity contribution >= 4 is 11.6 Å². The van der Waals surface area contributed by atoms with Gasteiger partial charge in [0.15, 0.2) is 0 Å². The zero-order valence-corrected chi connectivity index (χ0v) is 12.0. The minimum Gasteiger partial charge on any atom is -0.393 e. The number of aryl methyl sites for hydroxylation is 1. The molecule has 1 aliphatic rings. The number of hydrogen-bond acceptors (Lipinski definition) is 5. The Kier molecular flexibility index (Phi) is 4.57. The van der Waals surface area contributed by atoms with Crippen LogP contribution < -0.4 is 11.3 Å². The fraction of sp³-hybridized carbons (Fsp3) is 0.571. The van der Waals surface area contributed by atoms with Crippen molar-refractivity contribution in [2.75, 3.05) is 18.5 Å². The van der Waals surface area contributed by atoms with Crippen molar-refractivity contribution in [2.24, 2.45) is 11.8 Å². The highest BCUT2D eigenvalue weighted by Crippen LogP contribution is 2.23. The smallest absolute Gasteiger partial charge is 0.257 e. The number of piperidine rings is 1. The number of pyridine rings is 1. The quantitative estimate of drug-likeness (QED) is 0.564. The number of amides is 1. The highest BCUT2D eigenvalue weighted by Gasteiger charge is 2.27. The third kappa shape index (κ3) is 3.08. The third-order valence-corrected chi connectivity index (χ3v) is 3.94. The number of likely N-dealkylation sites (tertiary alicyclic amines) is 1. The van der Waals surface area contributed by atoms with Crippen molar-refractivity contribution < 1.29 is 9.90 Å². The Balaban J connectivity index is 2.09. The molecule has 0 radical (unpaired) electrons. The van der Waals surface area contributed by atoms with E-state index < -0.39 is 0 Å². The number of aliphatic hydroxyl groups excluding tert-OH is 1. The van der Waals surface area contributed by atoms with Crippen LogP contribution in [0.4, 0.5) is 5.69 Å². The van der Waals surface area contributed by atoms with E-state index in [4.69, 9.17) is 5.84 Å². The first-order valence-electron chi connectivity index (χ1n) is 6.93. The number of nitrogens with one attached hydrogen (secondary N) is 1. The van der Waals surface area contributed by atoms with Crippen molar-refractivity contribution in [1.82, 2.24) is 9.88 Å². The van der Waals surface area contributed by atoms with Crippen molar-refractivity contribution in [3.8, 4) is 0 Å². The molecule has 1 amide bonds. The average molecular weight is 278 g/mol. The van der Waals surface area contributed by atoms with Crippen LogP contribution in [0, 0.1) is 12.8 Å². The summed E-state index contributed by atoms with van der Waals surface area (Å²) in [6.45, 7) is 4.98. The van der Waals surface area contributed by atoms with E-state index in [0.29, 0.717) is 24.3 Å². The molecule has 6 nitrogen and oxygen atoms in total. The van der Waals surface area contributed by atoms with Crippen molar-refractivity contribution in [2.45, 2.75) is 32.8 Å². The predicted octanol–water partition coefficient (Wildman–Crippen LogP) is 0.909. The second-order valence-corrected chi connectivity index (χ2v) is 5.39. The molecule has 2 heterocycles. The third-order valence-electron chi connectivity index (χ3n) is 3.94. The Hall–Kier alpha value is -1.66. The molecule has 1 unspecified atom stereocenters. The monoisotopic (exact) mass is 278 g/mol. The van der Waals surface area contributed by atoms with Crippen molar-refractivity contribution in [3.05, 3.63) is 23.5 Å². The van der Waals surface area contributed by atoms with Gasteiger partial charge in [0, 0.05) is 25.0 Å². The molecule has 2 rings (SSSR count). The molecule has 6 heteroatoms. The topological polar surface area (TPSA) is 91.5 Å². The number of nitrogens with zero attached hydrogens (tertiary/aromatic N) is 2. The number of carbonyl (C=O) groups excluding carboxylic acids is 1. The Morgan fingerprint density at radius 3 is 2.75 bits per heavy atom. The molecule has 0 aliphatic carbocycles. The lowest BCUT2D eigenvalue weighted by atomic mass is 9.92. The lowest BCUT2D eigenvalue weighted by Gasteiger charge is -2.33. The Labute approximate surface area is 119 Å². The van der Waals surface area contributed by atoms with E-state index in [9.17, 15) is 9.90 Å². The predicted molar refractivity (Wildman–Crippen MR) is 77.1 cm³/mol. The van der Waals surface area contributed by atoms with Crippen LogP contribution in [0.3, 0.4) is 0 Å². The number of carbonyl (C=O) groups is 1. The van der Waals surface area contributed by atoms with Gasteiger partial charge in [0.05, 0.1) is 17.4 Å². The first-order valence-corrected chi connectivity index (χ1v) is 6.93. The Bertz CT molecular complexity index is 482. The molecule has 0 spiro atoms. The molecule has 0 bridgehead atoms. The van der Waals surface area contributed by atoms with E-state index in [1.165, 1.54) is 0 Å². The number of anilines is 1. The number of nitrogen functional groups attached to an aromatic ring is 1.